The lowest BCUT2D eigenvalue weighted by atomic mass is 9.87. The number of hydrogen-bond acceptors (Lipinski definition) is 7. The second-order valence-electron chi connectivity index (χ2n) is 9.87. The zero-order chi connectivity index (χ0) is 26.2. The lowest BCUT2D eigenvalue weighted by Crippen LogP contribution is -2.39. The molecule has 11 heteroatoms. The van der Waals surface area contributed by atoms with Crippen LogP contribution in [0.5, 0.6) is 0 Å². The van der Waals surface area contributed by atoms with Gasteiger partial charge in [-0.3, -0.25) is 4.79 Å². The summed E-state index contributed by atoms with van der Waals surface area (Å²) >= 11 is 0. The first-order chi connectivity index (χ1) is 17.6. The van der Waals surface area contributed by atoms with Gasteiger partial charge in [-0.05, 0) is 43.2 Å². The Labute approximate surface area is 212 Å². The number of carbonyl (C=O) groups excluding carboxylic acids is 1. The van der Waals surface area contributed by atoms with E-state index >= 15 is 0 Å². The molecule has 0 aliphatic carbocycles. The minimum atomic E-state index is -4.70. The largest absolute Gasteiger partial charge is 0.418 e. The molecular formula is C26H27F3N6O2. The molecule has 2 aliphatic rings. The van der Waals surface area contributed by atoms with E-state index in [0.29, 0.717) is 31.7 Å². The van der Waals surface area contributed by atoms with E-state index < -0.39 is 17.6 Å². The van der Waals surface area contributed by atoms with Gasteiger partial charge in [0.15, 0.2) is 0 Å². The molecule has 37 heavy (non-hydrogen) atoms. The molecule has 0 unspecified atom stereocenters. The number of hydrogen-bond donors (Lipinski definition) is 3. The van der Waals surface area contributed by atoms with E-state index in [0.717, 1.165) is 29.6 Å². The Morgan fingerprint density at radius 3 is 2.68 bits per heavy atom. The van der Waals surface area contributed by atoms with Crippen LogP contribution in [0.3, 0.4) is 0 Å². The Hall–Kier alpha value is -3.73. The SMILES string of the molecule is CC1(C)CNc2ncc(-c3ccnc(Nc4ccc(C(=O)NC5CCOCC5)cc4C(F)(F)F)n3)cc21. The fraction of sp³-hybridized carbons (Fsp3) is 0.385. The third kappa shape index (κ3) is 5.36. The molecule has 194 valence electrons. The first-order valence-electron chi connectivity index (χ1n) is 12.0. The number of alkyl halides is 3. The molecule has 4 heterocycles. The molecule has 2 aromatic heterocycles. The van der Waals surface area contributed by atoms with Crippen LogP contribution in [0.4, 0.5) is 30.6 Å². The molecule has 2 aliphatic heterocycles. The average Bonchev–Trinajstić information content (AvgIpc) is 3.18. The van der Waals surface area contributed by atoms with E-state index in [1.54, 1.807) is 12.3 Å². The Balaban J connectivity index is 1.40. The first-order valence-corrected chi connectivity index (χ1v) is 12.0. The minimum Gasteiger partial charge on any atom is -0.381 e. The lowest BCUT2D eigenvalue weighted by molar-refractivity contribution is -0.136. The van der Waals surface area contributed by atoms with Crippen LogP contribution in [0.1, 0.15) is 48.2 Å². The van der Waals surface area contributed by atoms with Gasteiger partial charge in [0, 0.05) is 60.3 Å². The van der Waals surface area contributed by atoms with E-state index in [9.17, 15) is 18.0 Å². The summed E-state index contributed by atoms with van der Waals surface area (Å²) in [4.78, 5) is 25.6. The Kier molecular flexibility index (Phi) is 6.49. The number of nitrogens with zero attached hydrogens (tertiary/aromatic N) is 3. The molecule has 5 rings (SSSR count). The molecule has 3 aromatic rings. The maximum Gasteiger partial charge on any atom is 0.418 e. The highest BCUT2D eigenvalue weighted by molar-refractivity contribution is 5.95. The van der Waals surface area contributed by atoms with Crippen LogP contribution in [0.2, 0.25) is 0 Å². The van der Waals surface area contributed by atoms with Crippen molar-refractivity contribution in [3.8, 4) is 11.3 Å². The number of carbonyl (C=O) groups is 1. The molecule has 1 amide bonds. The van der Waals surface area contributed by atoms with Crippen LogP contribution < -0.4 is 16.0 Å². The molecular weight excluding hydrogens is 485 g/mol. The number of aromatic nitrogens is 3. The maximum absolute atomic E-state index is 14.0. The zero-order valence-electron chi connectivity index (χ0n) is 20.4. The van der Waals surface area contributed by atoms with Gasteiger partial charge in [0.1, 0.15) is 5.82 Å². The quantitative estimate of drug-likeness (QED) is 0.446. The molecule has 0 spiro atoms. The van der Waals surface area contributed by atoms with E-state index in [2.05, 4.69) is 44.7 Å². The maximum atomic E-state index is 14.0. The van der Waals surface area contributed by atoms with Crippen molar-refractivity contribution in [1.29, 1.82) is 0 Å². The minimum absolute atomic E-state index is 0.000269. The number of pyridine rings is 1. The van der Waals surface area contributed by atoms with E-state index in [-0.39, 0.29) is 28.7 Å². The summed E-state index contributed by atoms with van der Waals surface area (Å²) in [5, 5.41) is 8.74. The lowest BCUT2D eigenvalue weighted by Gasteiger charge is -2.23. The number of anilines is 3. The van der Waals surface area contributed by atoms with Crippen molar-refractivity contribution in [2.24, 2.45) is 0 Å². The van der Waals surface area contributed by atoms with E-state index in [4.69, 9.17) is 4.74 Å². The monoisotopic (exact) mass is 512 g/mol. The zero-order valence-corrected chi connectivity index (χ0v) is 20.4. The van der Waals surface area contributed by atoms with Crippen LogP contribution in [-0.2, 0) is 16.3 Å². The van der Waals surface area contributed by atoms with Crippen LogP contribution in [-0.4, -0.2) is 46.7 Å². The van der Waals surface area contributed by atoms with Gasteiger partial charge in [-0.2, -0.15) is 13.2 Å². The van der Waals surface area contributed by atoms with Crippen LogP contribution in [0, 0.1) is 0 Å². The Morgan fingerprint density at radius 2 is 1.92 bits per heavy atom. The van der Waals surface area contributed by atoms with Crippen LogP contribution >= 0.6 is 0 Å². The second-order valence-corrected chi connectivity index (χ2v) is 9.87. The fourth-order valence-corrected chi connectivity index (χ4v) is 4.50. The second kappa shape index (κ2) is 9.62. The van der Waals surface area contributed by atoms with Crippen molar-refractivity contribution in [2.75, 3.05) is 30.4 Å². The highest BCUT2D eigenvalue weighted by atomic mass is 19.4. The summed E-state index contributed by atoms with van der Waals surface area (Å²) in [7, 11) is 0. The van der Waals surface area contributed by atoms with Crippen molar-refractivity contribution >= 4 is 23.4 Å². The highest BCUT2D eigenvalue weighted by Crippen LogP contribution is 2.38. The summed E-state index contributed by atoms with van der Waals surface area (Å²) in [6, 6.07) is 6.97. The number of fused-ring (bicyclic) bond motifs is 1. The predicted molar refractivity (Wildman–Crippen MR) is 133 cm³/mol. The van der Waals surface area contributed by atoms with Crippen molar-refractivity contribution in [2.45, 2.75) is 44.3 Å². The molecule has 0 radical (unpaired) electrons. The number of benzene rings is 1. The van der Waals surface area contributed by atoms with Crippen molar-refractivity contribution < 1.29 is 22.7 Å². The summed E-state index contributed by atoms with van der Waals surface area (Å²) in [5.41, 5.74) is 0.908. The number of ether oxygens (including phenoxy) is 1. The third-order valence-corrected chi connectivity index (χ3v) is 6.66. The Morgan fingerprint density at radius 1 is 1.14 bits per heavy atom. The molecule has 1 aromatic carbocycles. The highest BCUT2D eigenvalue weighted by Gasteiger charge is 2.35. The normalized spacial score (nSPS) is 17.1. The smallest absolute Gasteiger partial charge is 0.381 e. The van der Waals surface area contributed by atoms with Crippen molar-refractivity contribution in [3.05, 3.63) is 59.4 Å². The van der Waals surface area contributed by atoms with Gasteiger partial charge in [0.25, 0.3) is 5.91 Å². The molecule has 1 fully saturated rings. The fourth-order valence-electron chi connectivity index (χ4n) is 4.50. The van der Waals surface area contributed by atoms with Gasteiger partial charge < -0.3 is 20.7 Å². The predicted octanol–water partition coefficient (Wildman–Crippen LogP) is 4.91. The van der Waals surface area contributed by atoms with Gasteiger partial charge in [-0.1, -0.05) is 13.8 Å². The van der Waals surface area contributed by atoms with Gasteiger partial charge in [0.2, 0.25) is 5.95 Å². The molecule has 3 N–H and O–H groups in total. The molecule has 0 atom stereocenters. The van der Waals surface area contributed by atoms with Crippen molar-refractivity contribution in [1.82, 2.24) is 20.3 Å². The van der Waals surface area contributed by atoms with Crippen molar-refractivity contribution in [3.63, 3.8) is 0 Å². The summed E-state index contributed by atoms with van der Waals surface area (Å²) < 4.78 is 47.1. The third-order valence-electron chi connectivity index (χ3n) is 6.66. The number of nitrogens with one attached hydrogen (secondary N) is 3. The van der Waals surface area contributed by atoms with Gasteiger partial charge in [-0.25, -0.2) is 15.0 Å². The summed E-state index contributed by atoms with van der Waals surface area (Å²) in [6.07, 6.45) is -0.300. The molecule has 0 saturated carbocycles. The van der Waals surface area contributed by atoms with Crippen LogP contribution in [0.15, 0.2) is 42.7 Å². The van der Waals surface area contributed by atoms with E-state index in [1.165, 1.54) is 18.3 Å². The molecule has 1 saturated heterocycles. The number of rotatable bonds is 5. The number of halogens is 3. The summed E-state index contributed by atoms with van der Waals surface area (Å²) in [6.45, 7) is 6.00. The standard InChI is InChI=1S/C26H27F3N6O2/c1-25(2)14-32-22-19(25)12-16(13-31-22)20-5-8-30-24(34-20)35-21-4-3-15(11-18(21)26(27,28)29)23(36)33-17-6-9-37-10-7-17/h3-5,8,11-13,17H,6-7,9-10,14H2,1-2H3,(H,31,32)(H,33,36)(H,30,34,35). The topological polar surface area (TPSA) is 101 Å². The van der Waals surface area contributed by atoms with Gasteiger partial charge >= 0.3 is 6.18 Å². The van der Waals surface area contributed by atoms with Gasteiger partial charge in [0.05, 0.1) is 16.9 Å². The molecule has 0 bridgehead atoms. The molecule has 8 nitrogen and oxygen atoms in total. The van der Waals surface area contributed by atoms with Crippen LogP contribution in [0.25, 0.3) is 11.3 Å². The number of amides is 1. The summed E-state index contributed by atoms with van der Waals surface area (Å²) in [5.74, 6) is 0.265. The van der Waals surface area contributed by atoms with Gasteiger partial charge in [-0.15, -0.1) is 0 Å². The first kappa shape index (κ1) is 24.9. The van der Waals surface area contributed by atoms with E-state index in [1.807, 2.05) is 6.07 Å². The Bertz CT molecular complexity index is 1320. The average molecular weight is 513 g/mol.